The van der Waals surface area contributed by atoms with Gasteiger partial charge in [0.05, 0.1) is 29.6 Å². The van der Waals surface area contributed by atoms with E-state index in [0.29, 0.717) is 48.4 Å². The lowest BCUT2D eigenvalue weighted by Gasteiger charge is -2.38. The molecule has 2 aliphatic rings. The monoisotopic (exact) mass is 537 g/mol. The zero-order chi connectivity index (χ0) is 27.4. The summed E-state index contributed by atoms with van der Waals surface area (Å²) < 4.78 is 42.2. The van der Waals surface area contributed by atoms with E-state index in [1.54, 1.807) is 35.2 Å². The summed E-state index contributed by atoms with van der Waals surface area (Å²) in [6.07, 6.45) is 1.02. The van der Waals surface area contributed by atoms with E-state index in [-0.39, 0.29) is 29.3 Å². The molecule has 0 spiro atoms. The number of rotatable bonds is 5. The maximum absolute atomic E-state index is 13.2. The second kappa shape index (κ2) is 9.33. The fourth-order valence-electron chi connectivity index (χ4n) is 5.13. The van der Waals surface area contributed by atoms with Gasteiger partial charge in [-0.1, -0.05) is 24.3 Å². The van der Waals surface area contributed by atoms with Crippen molar-refractivity contribution in [1.29, 1.82) is 0 Å². The predicted octanol–water partition coefficient (Wildman–Crippen LogP) is 4.03. The number of nitrogens with zero attached hydrogens (tertiary/aromatic N) is 5. The minimum absolute atomic E-state index is 0.0666. The number of carbonyl (C=O) groups is 1. The zero-order valence-electron chi connectivity index (χ0n) is 20.9. The van der Waals surface area contributed by atoms with Crippen LogP contribution in [0.4, 0.5) is 13.2 Å². The first-order valence-electron chi connectivity index (χ1n) is 12.8. The van der Waals surface area contributed by atoms with Gasteiger partial charge in [-0.25, -0.2) is 9.67 Å². The molecule has 0 unspecified atom stereocenters. The summed E-state index contributed by atoms with van der Waals surface area (Å²) in [6.45, 7) is 0.993. The summed E-state index contributed by atoms with van der Waals surface area (Å²) in [5, 5.41) is 15.7. The van der Waals surface area contributed by atoms with Crippen LogP contribution in [0.1, 0.15) is 31.2 Å². The molecular weight excluding hydrogens is 511 g/mol. The van der Waals surface area contributed by atoms with Crippen LogP contribution < -0.4 is 5.56 Å². The molecule has 1 aliphatic carbocycles. The van der Waals surface area contributed by atoms with Gasteiger partial charge in [0.2, 0.25) is 5.91 Å². The predicted molar refractivity (Wildman–Crippen MR) is 137 cm³/mol. The number of amides is 1. The largest absolute Gasteiger partial charge is 0.416 e. The van der Waals surface area contributed by atoms with Crippen LogP contribution in [0.3, 0.4) is 0 Å². The highest BCUT2D eigenvalue weighted by Gasteiger charge is 2.39. The summed E-state index contributed by atoms with van der Waals surface area (Å²) in [5.41, 5.74) is -0.203. The van der Waals surface area contributed by atoms with Crippen molar-refractivity contribution in [2.45, 2.75) is 44.0 Å². The highest BCUT2D eigenvalue weighted by atomic mass is 19.4. The first-order chi connectivity index (χ1) is 18.6. The second-order valence-corrected chi connectivity index (χ2v) is 10.4. The van der Waals surface area contributed by atoms with Gasteiger partial charge in [-0.3, -0.25) is 14.2 Å². The van der Waals surface area contributed by atoms with Gasteiger partial charge >= 0.3 is 6.18 Å². The van der Waals surface area contributed by atoms with Gasteiger partial charge in [0.1, 0.15) is 11.7 Å². The van der Waals surface area contributed by atoms with Crippen molar-refractivity contribution in [1.82, 2.24) is 24.2 Å². The minimum Gasteiger partial charge on any atom is -0.388 e. The molecule has 0 radical (unpaired) electrons. The Labute approximate surface area is 221 Å². The van der Waals surface area contributed by atoms with Gasteiger partial charge < -0.3 is 10.0 Å². The second-order valence-electron chi connectivity index (χ2n) is 10.4. The molecule has 39 heavy (non-hydrogen) atoms. The quantitative estimate of drug-likeness (QED) is 0.415. The molecule has 1 aliphatic heterocycles. The molecule has 6 rings (SSSR count). The van der Waals surface area contributed by atoms with Gasteiger partial charge in [-0.2, -0.15) is 18.3 Å². The van der Waals surface area contributed by atoms with Crippen LogP contribution in [-0.2, 0) is 17.5 Å². The van der Waals surface area contributed by atoms with E-state index in [1.165, 1.54) is 27.8 Å². The summed E-state index contributed by atoms with van der Waals surface area (Å²) in [7, 11) is 0. The van der Waals surface area contributed by atoms with Crippen molar-refractivity contribution in [3.8, 4) is 16.8 Å². The molecule has 2 fully saturated rings. The van der Waals surface area contributed by atoms with E-state index in [4.69, 9.17) is 0 Å². The van der Waals surface area contributed by atoms with Crippen LogP contribution in [0.2, 0.25) is 0 Å². The Balaban J connectivity index is 1.20. The lowest BCUT2D eigenvalue weighted by atomic mass is 9.91. The van der Waals surface area contributed by atoms with Gasteiger partial charge in [0.15, 0.2) is 5.65 Å². The average molecular weight is 538 g/mol. The number of halogens is 3. The van der Waals surface area contributed by atoms with Crippen molar-refractivity contribution in [3.63, 3.8) is 0 Å². The molecule has 0 atom stereocenters. The fourth-order valence-corrected chi connectivity index (χ4v) is 5.13. The molecule has 4 aromatic rings. The van der Waals surface area contributed by atoms with Crippen molar-refractivity contribution in [2.24, 2.45) is 5.92 Å². The third-order valence-corrected chi connectivity index (χ3v) is 7.59. The van der Waals surface area contributed by atoms with Gasteiger partial charge in [0.25, 0.3) is 5.56 Å². The summed E-state index contributed by atoms with van der Waals surface area (Å²) >= 11 is 0. The Kier molecular flexibility index (Phi) is 6.05. The SMILES string of the molecule is O=C(C1CC1)N1CCC(O)(Cn2cnc3c(cnn3-c3ccc(-c4cccc(C(F)(F)F)c4)cc3)c2=O)CC1. The van der Waals surface area contributed by atoms with E-state index >= 15 is 0 Å². The molecule has 1 saturated carbocycles. The number of alkyl halides is 3. The number of benzene rings is 2. The van der Waals surface area contributed by atoms with E-state index in [0.717, 1.165) is 25.0 Å². The molecule has 2 aromatic heterocycles. The fraction of sp³-hybridized carbons (Fsp3) is 0.357. The highest BCUT2D eigenvalue weighted by Crippen LogP contribution is 2.34. The summed E-state index contributed by atoms with van der Waals surface area (Å²) in [5.74, 6) is 0.298. The van der Waals surface area contributed by atoms with Crippen LogP contribution in [0, 0.1) is 5.92 Å². The molecule has 0 bridgehead atoms. The number of fused-ring (bicyclic) bond motifs is 1. The number of likely N-dealkylation sites (tertiary alicyclic amines) is 1. The van der Waals surface area contributed by atoms with E-state index in [9.17, 15) is 27.9 Å². The number of aromatic nitrogens is 4. The number of piperidine rings is 1. The maximum atomic E-state index is 13.2. The smallest absolute Gasteiger partial charge is 0.388 e. The van der Waals surface area contributed by atoms with Gasteiger partial charge in [0, 0.05) is 19.0 Å². The Morgan fingerprint density at radius 1 is 1.05 bits per heavy atom. The molecule has 2 aromatic carbocycles. The average Bonchev–Trinajstić information content (AvgIpc) is 3.69. The molecule has 1 saturated heterocycles. The van der Waals surface area contributed by atoms with E-state index < -0.39 is 17.3 Å². The number of carbonyl (C=O) groups excluding carboxylic acids is 1. The lowest BCUT2D eigenvalue weighted by molar-refractivity contribution is -0.138. The highest BCUT2D eigenvalue weighted by molar-refractivity contribution is 5.81. The summed E-state index contributed by atoms with van der Waals surface area (Å²) in [6, 6.07) is 11.9. The molecule has 8 nitrogen and oxygen atoms in total. The van der Waals surface area contributed by atoms with Crippen LogP contribution >= 0.6 is 0 Å². The lowest BCUT2D eigenvalue weighted by Crippen LogP contribution is -2.50. The topological polar surface area (TPSA) is 93.2 Å². The Hall–Kier alpha value is -3.99. The van der Waals surface area contributed by atoms with Gasteiger partial charge in [-0.15, -0.1) is 0 Å². The Morgan fingerprint density at radius 2 is 1.77 bits per heavy atom. The van der Waals surface area contributed by atoms with Gasteiger partial charge in [-0.05, 0) is 61.1 Å². The first kappa shape index (κ1) is 25.3. The van der Waals surface area contributed by atoms with E-state index in [1.807, 2.05) is 0 Å². The molecular formula is C28H26F3N5O3. The summed E-state index contributed by atoms with van der Waals surface area (Å²) in [4.78, 5) is 31.8. The van der Waals surface area contributed by atoms with Crippen molar-refractivity contribution < 1.29 is 23.1 Å². The molecule has 11 heteroatoms. The molecule has 3 heterocycles. The van der Waals surface area contributed by atoms with Crippen LogP contribution in [0.5, 0.6) is 0 Å². The zero-order valence-corrected chi connectivity index (χ0v) is 20.9. The van der Waals surface area contributed by atoms with Crippen LogP contribution in [0.15, 0.2) is 65.8 Å². The molecule has 202 valence electrons. The number of hydrogen-bond acceptors (Lipinski definition) is 5. The van der Waals surface area contributed by atoms with Crippen molar-refractivity contribution in [3.05, 3.63) is 77.0 Å². The van der Waals surface area contributed by atoms with Crippen LogP contribution in [-0.4, -0.2) is 53.9 Å². The first-order valence-corrected chi connectivity index (χ1v) is 12.8. The normalized spacial score (nSPS) is 17.5. The van der Waals surface area contributed by atoms with E-state index in [2.05, 4.69) is 10.1 Å². The number of hydrogen-bond donors (Lipinski definition) is 1. The van der Waals surface area contributed by atoms with Crippen molar-refractivity contribution >= 4 is 16.9 Å². The van der Waals surface area contributed by atoms with Crippen LogP contribution in [0.25, 0.3) is 27.8 Å². The third kappa shape index (κ3) is 4.94. The Morgan fingerprint density at radius 3 is 2.44 bits per heavy atom. The standard InChI is InChI=1S/C28H26F3N5O3/c29-28(30,31)21-3-1-2-20(14-21)18-6-8-22(9-7-18)36-24-23(15-33-36)26(38)35(17-32-24)16-27(39)10-12-34(13-11-27)25(37)19-4-5-19/h1-3,6-9,14-15,17,19,39H,4-5,10-13,16H2. The number of aliphatic hydroxyl groups is 1. The molecule has 1 amide bonds. The minimum atomic E-state index is -4.43. The third-order valence-electron chi connectivity index (χ3n) is 7.59. The van der Waals surface area contributed by atoms with Crippen molar-refractivity contribution in [2.75, 3.05) is 13.1 Å². The maximum Gasteiger partial charge on any atom is 0.416 e. The molecule has 1 N–H and O–H groups in total. The Bertz CT molecular complexity index is 1600.